The summed E-state index contributed by atoms with van der Waals surface area (Å²) in [5.74, 6) is 0.588. The largest absolute Gasteiger partial charge is 0.0648 e. The summed E-state index contributed by atoms with van der Waals surface area (Å²) >= 11 is 0. The molecule has 0 aliphatic carbocycles. The second kappa shape index (κ2) is 6.75. The average Bonchev–Trinajstić information content (AvgIpc) is 2.52. The molecule has 0 saturated carbocycles. The molecule has 0 amide bonds. The first-order valence-electron chi connectivity index (χ1n) is 9.30. The molecular weight excluding hydrogens is 288 g/mol. The smallest absolute Gasteiger partial charge is 0.0123 e. The fraction of sp³-hybridized carbons (Fsp3) is 0.500. The Labute approximate surface area is 149 Å². The van der Waals surface area contributed by atoms with E-state index in [4.69, 9.17) is 0 Å². The van der Waals surface area contributed by atoms with Gasteiger partial charge in [-0.1, -0.05) is 97.9 Å². The Morgan fingerprint density at radius 1 is 0.750 bits per heavy atom. The van der Waals surface area contributed by atoms with Gasteiger partial charge in [0.1, 0.15) is 0 Å². The average molecular weight is 323 g/mol. The van der Waals surface area contributed by atoms with Gasteiger partial charge in [-0.15, -0.1) is 0 Å². The third-order valence-corrected chi connectivity index (χ3v) is 4.97. The first-order valence-corrected chi connectivity index (χ1v) is 9.30. The highest BCUT2D eigenvalue weighted by Gasteiger charge is 2.31. The van der Waals surface area contributed by atoms with Gasteiger partial charge in [0.2, 0.25) is 0 Å². The Bertz CT molecular complexity index is 678. The van der Waals surface area contributed by atoms with E-state index in [-0.39, 0.29) is 10.8 Å². The highest BCUT2D eigenvalue weighted by Crippen LogP contribution is 2.44. The van der Waals surface area contributed by atoms with E-state index >= 15 is 0 Å². The number of rotatable bonds is 3. The molecule has 0 radical (unpaired) electrons. The molecule has 2 rings (SSSR count). The molecule has 0 saturated heterocycles. The Balaban J connectivity index is 2.90. The third-order valence-electron chi connectivity index (χ3n) is 4.97. The van der Waals surface area contributed by atoms with E-state index in [1.54, 1.807) is 5.56 Å². The number of hydrogen-bond acceptors (Lipinski definition) is 0. The van der Waals surface area contributed by atoms with Gasteiger partial charge in [-0.3, -0.25) is 0 Å². The summed E-state index contributed by atoms with van der Waals surface area (Å²) in [5, 5.41) is 0. The monoisotopic (exact) mass is 322 g/mol. The minimum absolute atomic E-state index is 0.108. The van der Waals surface area contributed by atoms with Crippen LogP contribution in [-0.2, 0) is 10.8 Å². The zero-order valence-electron chi connectivity index (χ0n) is 16.8. The first-order chi connectivity index (χ1) is 11.1. The zero-order valence-corrected chi connectivity index (χ0v) is 16.8. The van der Waals surface area contributed by atoms with E-state index in [1.807, 2.05) is 0 Å². The van der Waals surface area contributed by atoms with Crippen LogP contribution in [0.25, 0.3) is 11.1 Å². The molecule has 0 aliphatic rings. The quantitative estimate of drug-likeness (QED) is 0.550. The van der Waals surface area contributed by atoms with Crippen molar-refractivity contribution in [2.45, 2.75) is 78.6 Å². The lowest BCUT2D eigenvalue weighted by molar-refractivity contribution is 0.519. The Morgan fingerprint density at radius 3 is 1.75 bits per heavy atom. The molecule has 2 aromatic carbocycles. The van der Waals surface area contributed by atoms with Crippen LogP contribution < -0.4 is 0 Å². The highest BCUT2D eigenvalue weighted by atomic mass is 14.4. The summed E-state index contributed by atoms with van der Waals surface area (Å²) in [7, 11) is 0. The van der Waals surface area contributed by atoms with Crippen LogP contribution in [0.3, 0.4) is 0 Å². The molecule has 1 unspecified atom stereocenters. The van der Waals surface area contributed by atoms with Crippen molar-refractivity contribution in [2.24, 2.45) is 0 Å². The van der Waals surface area contributed by atoms with Gasteiger partial charge in [-0.25, -0.2) is 0 Å². The van der Waals surface area contributed by atoms with Crippen LogP contribution in [0, 0.1) is 0 Å². The molecule has 0 aromatic heterocycles. The second-order valence-corrected chi connectivity index (χ2v) is 9.13. The van der Waals surface area contributed by atoms with Crippen molar-refractivity contribution in [1.82, 2.24) is 0 Å². The second-order valence-electron chi connectivity index (χ2n) is 9.13. The summed E-state index contributed by atoms with van der Waals surface area (Å²) in [4.78, 5) is 0. The minimum atomic E-state index is 0.108. The van der Waals surface area contributed by atoms with E-state index in [1.165, 1.54) is 28.7 Å². The van der Waals surface area contributed by atoms with Gasteiger partial charge < -0.3 is 0 Å². The van der Waals surface area contributed by atoms with Crippen LogP contribution in [0.5, 0.6) is 0 Å². The molecule has 0 spiro atoms. The molecular formula is C24H34. The maximum absolute atomic E-state index is 2.38. The molecule has 0 heteroatoms. The van der Waals surface area contributed by atoms with E-state index in [0.717, 1.165) is 0 Å². The lowest BCUT2D eigenvalue weighted by Gasteiger charge is -2.36. The molecule has 1 atom stereocenters. The van der Waals surface area contributed by atoms with Crippen LogP contribution in [-0.4, -0.2) is 0 Å². The van der Waals surface area contributed by atoms with Gasteiger partial charge in [-0.2, -0.15) is 0 Å². The van der Waals surface area contributed by atoms with E-state index in [2.05, 4.69) is 97.9 Å². The van der Waals surface area contributed by atoms with Gasteiger partial charge in [0.25, 0.3) is 0 Å². The normalized spacial score (nSPS) is 13.8. The molecule has 0 fully saturated rings. The van der Waals surface area contributed by atoms with E-state index in [0.29, 0.717) is 5.92 Å². The van der Waals surface area contributed by atoms with E-state index < -0.39 is 0 Å². The van der Waals surface area contributed by atoms with Crippen LogP contribution >= 0.6 is 0 Å². The van der Waals surface area contributed by atoms with Gasteiger partial charge in [0.05, 0.1) is 0 Å². The van der Waals surface area contributed by atoms with Crippen LogP contribution in [0.15, 0.2) is 42.5 Å². The van der Waals surface area contributed by atoms with Crippen LogP contribution in [0.1, 0.15) is 84.4 Å². The Kier molecular flexibility index (Phi) is 5.28. The summed E-state index contributed by atoms with van der Waals surface area (Å²) < 4.78 is 0. The van der Waals surface area contributed by atoms with Crippen molar-refractivity contribution >= 4 is 0 Å². The zero-order chi connectivity index (χ0) is 18.1. The van der Waals surface area contributed by atoms with Crippen molar-refractivity contribution < 1.29 is 0 Å². The molecule has 0 N–H and O–H groups in total. The predicted molar refractivity (Wildman–Crippen MR) is 108 cm³/mol. The molecule has 130 valence electrons. The number of hydrogen-bond donors (Lipinski definition) is 0. The van der Waals surface area contributed by atoms with Gasteiger partial charge in [-0.05, 0) is 51.0 Å². The first kappa shape index (κ1) is 18.8. The highest BCUT2D eigenvalue weighted by molar-refractivity contribution is 5.72. The third kappa shape index (κ3) is 3.74. The van der Waals surface area contributed by atoms with Crippen molar-refractivity contribution in [3.05, 3.63) is 59.2 Å². The minimum Gasteiger partial charge on any atom is -0.0648 e. The lowest BCUT2D eigenvalue weighted by Crippen LogP contribution is -2.25. The molecule has 0 heterocycles. The van der Waals surface area contributed by atoms with Crippen molar-refractivity contribution in [3.8, 4) is 11.1 Å². The molecule has 24 heavy (non-hydrogen) atoms. The Hall–Kier alpha value is -1.56. The SMILES string of the molecule is CCC(C)c1ccc(-c2ccccc2)c(C(C)(C)C)c1C(C)(C)C. The standard InChI is InChI=1S/C24H34/c1-9-17(2)19-15-16-20(18-13-11-10-12-14-18)22(24(6,7)8)21(19)23(3,4)5/h10-17H,9H2,1-8H3. The van der Waals surface area contributed by atoms with Crippen molar-refractivity contribution in [1.29, 1.82) is 0 Å². The number of benzene rings is 2. The van der Waals surface area contributed by atoms with Crippen molar-refractivity contribution in [3.63, 3.8) is 0 Å². The molecule has 0 nitrogen and oxygen atoms in total. The van der Waals surface area contributed by atoms with Gasteiger partial charge in [0, 0.05) is 0 Å². The topological polar surface area (TPSA) is 0 Å². The van der Waals surface area contributed by atoms with Crippen LogP contribution in [0.2, 0.25) is 0 Å². The molecule has 2 aromatic rings. The summed E-state index contributed by atoms with van der Waals surface area (Å²) in [5.41, 5.74) is 7.53. The van der Waals surface area contributed by atoms with Gasteiger partial charge >= 0.3 is 0 Å². The lowest BCUT2D eigenvalue weighted by atomic mass is 9.68. The summed E-state index contributed by atoms with van der Waals surface area (Å²) in [6, 6.07) is 15.6. The van der Waals surface area contributed by atoms with Gasteiger partial charge in [0.15, 0.2) is 0 Å². The fourth-order valence-corrected chi connectivity index (χ4v) is 3.69. The van der Waals surface area contributed by atoms with Crippen LogP contribution in [0.4, 0.5) is 0 Å². The molecule has 0 bridgehead atoms. The maximum Gasteiger partial charge on any atom is -0.0123 e. The molecule has 0 aliphatic heterocycles. The fourth-order valence-electron chi connectivity index (χ4n) is 3.69. The van der Waals surface area contributed by atoms with E-state index in [9.17, 15) is 0 Å². The predicted octanol–water partition coefficient (Wildman–Crippen LogP) is 7.46. The van der Waals surface area contributed by atoms with Crippen molar-refractivity contribution in [2.75, 3.05) is 0 Å². The summed E-state index contributed by atoms with van der Waals surface area (Å²) in [6.45, 7) is 18.8. The Morgan fingerprint density at radius 2 is 1.29 bits per heavy atom. The maximum atomic E-state index is 2.38. The summed E-state index contributed by atoms with van der Waals surface area (Å²) in [6.07, 6.45) is 1.18.